The van der Waals surface area contributed by atoms with Gasteiger partial charge in [-0.05, 0) is 48.7 Å². The average molecular weight is 404 g/mol. The minimum atomic E-state index is -0.202. The number of thiazole rings is 1. The molecule has 0 atom stereocenters. The van der Waals surface area contributed by atoms with Crippen molar-refractivity contribution >= 4 is 22.4 Å². The Morgan fingerprint density at radius 1 is 1.03 bits per heavy atom. The largest absolute Gasteiger partial charge is 0.416 e. The molecule has 7 heteroatoms. The van der Waals surface area contributed by atoms with Gasteiger partial charge in [-0.3, -0.25) is 10.1 Å². The highest BCUT2D eigenvalue weighted by atomic mass is 32.1. The Labute approximate surface area is 172 Å². The van der Waals surface area contributed by atoms with Gasteiger partial charge in [0.1, 0.15) is 0 Å². The Morgan fingerprint density at radius 2 is 1.76 bits per heavy atom. The molecule has 4 aromatic rings. The van der Waals surface area contributed by atoms with Gasteiger partial charge in [0, 0.05) is 22.1 Å². The normalized spacial score (nSPS) is 11.0. The van der Waals surface area contributed by atoms with E-state index in [-0.39, 0.29) is 5.91 Å². The Balaban J connectivity index is 1.49. The van der Waals surface area contributed by atoms with Crippen LogP contribution in [0.2, 0.25) is 0 Å². The van der Waals surface area contributed by atoms with Crippen LogP contribution in [0.4, 0.5) is 5.13 Å². The Morgan fingerprint density at radius 3 is 2.45 bits per heavy atom. The molecule has 4 rings (SSSR count). The van der Waals surface area contributed by atoms with Gasteiger partial charge in [-0.15, -0.1) is 21.5 Å². The van der Waals surface area contributed by atoms with Gasteiger partial charge in [0.25, 0.3) is 5.91 Å². The molecule has 0 radical (unpaired) electrons. The van der Waals surface area contributed by atoms with E-state index >= 15 is 0 Å². The number of aryl methyl sites for hydroxylation is 1. The predicted octanol–water partition coefficient (Wildman–Crippen LogP) is 5.54. The highest BCUT2D eigenvalue weighted by Gasteiger charge is 2.14. The van der Waals surface area contributed by atoms with Crippen LogP contribution < -0.4 is 5.32 Å². The molecular formula is C22H20N4O2S. The molecule has 29 heavy (non-hydrogen) atoms. The molecule has 1 amide bonds. The number of aromatic nitrogens is 3. The van der Waals surface area contributed by atoms with E-state index in [1.54, 1.807) is 24.3 Å². The summed E-state index contributed by atoms with van der Waals surface area (Å²) in [5.74, 6) is 1.02. The molecule has 2 heterocycles. The van der Waals surface area contributed by atoms with Gasteiger partial charge in [0.15, 0.2) is 5.13 Å². The van der Waals surface area contributed by atoms with E-state index in [9.17, 15) is 4.79 Å². The number of benzene rings is 2. The molecule has 6 nitrogen and oxygen atoms in total. The second kappa shape index (κ2) is 7.97. The van der Waals surface area contributed by atoms with E-state index < -0.39 is 0 Å². The lowest BCUT2D eigenvalue weighted by molar-refractivity contribution is 0.102. The van der Waals surface area contributed by atoms with Crippen molar-refractivity contribution in [1.29, 1.82) is 0 Å². The lowest BCUT2D eigenvalue weighted by Gasteiger charge is -2.03. The number of carbonyl (C=O) groups is 1. The van der Waals surface area contributed by atoms with E-state index in [1.807, 2.05) is 36.6 Å². The summed E-state index contributed by atoms with van der Waals surface area (Å²) in [7, 11) is 0. The van der Waals surface area contributed by atoms with Crippen LogP contribution in [0.1, 0.15) is 41.4 Å². The lowest BCUT2D eigenvalue weighted by Crippen LogP contribution is -2.11. The molecule has 0 aliphatic carbocycles. The standard InChI is InChI=1S/C22H20N4O2S/c1-13(2)18-12-29-22(23-18)24-19(27)15-8-10-16(11-9-15)20-25-26-21(28-20)17-7-5-4-6-14(17)3/h4-13H,1-3H3,(H,23,24,27). The molecule has 2 aromatic heterocycles. The van der Waals surface area contributed by atoms with Gasteiger partial charge in [-0.1, -0.05) is 32.0 Å². The van der Waals surface area contributed by atoms with Crippen LogP contribution in [-0.4, -0.2) is 21.1 Å². The maximum Gasteiger partial charge on any atom is 0.257 e. The molecular weight excluding hydrogens is 384 g/mol. The summed E-state index contributed by atoms with van der Waals surface area (Å²) >= 11 is 1.43. The smallest absolute Gasteiger partial charge is 0.257 e. The van der Waals surface area contributed by atoms with E-state index in [1.165, 1.54) is 11.3 Å². The molecule has 0 aliphatic heterocycles. The van der Waals surface area contributed by atoms with Gasteiger partial charge >= 0.3 is 0 Å². The number of hydrogen-bond acceptors (Lipinski definition) is 6. The van der Waals surface area contributed by atoms with E-state index in [0.717, 1.165) is 22.4 Å². The van der Waals surface area contributed by atoms with Crippen molar-refractivity contribution in [2.45, 2.75) is 26.7 Å². The molecule has 0 aliphatic rings. The number of carbonyl (C=O) groups excluding carboxylic acids is 1. The maximum atomic E-state index is 12.5. The summed E-state index contributed by atoms with van der Waals surface area (Å²) in [4.78, 5) is 16.9. The van der Waals surface area contributed by atoms with Crippen molar-refractivity contribution in [1.82, 2.24) is 15.2 Å². The monoisotopic (exact) mass is 404 g/mol. The first-order valence-electron chi connectivity index (χ1n) is 9.28. The third kappa shape index (κ3) is 4.09. The summed E-state index contributed by atoms with van der Waals surface area (Å²) in [5.41, 5.74) is 4.24. The number of rotatable bonds is 5. The van der Waals surface area contributed by atoms with Gasteiger partial charge in [-0.25, -0.2) is 4.98 Å². The first-order valence-corrected chi connectivity index (χ1v) is 10.2. The van der Waals surface area contributed by atoms with E-state index in [0.29, 0.717) is 28.4 Å². The van der Waals surface area contributed by atoms with Crippen molar-refractivity contribution in [3.05, 3.63) is 70.7 Å². The number of amides is 1. The number of nitrogens with one attached hydrogen (secondary N) is 1. The minimum Gasteiger partial charge on any atom is -0.416 e. The first-order chi connectivity index (χ1) is 14.0. The molecule has 0 bridgehead atoms. The summed E-state index contributed by atoms with van der Waals surface area (Å²) < 4.78 is 5.83. The van der Waals surface area contributed by atoms with Crippen molar-refractivity contribution in [3.63, 3.8) is 0 Å². The molecule has 0 spiro atoms. The third-order valence-corrected chi connectivity index (χ3v) is 5.30. The second-order valence-electron chi connectivity index (χ2n) is 6.99. The van der Waals surface area contributed by atoms with Gasteiger partial charge < -0.3 is 4.42 Å². The van der Waals surface area contributed by atoms with Gasteiger partial charge in [0.2, 0.25) is 11.8 Å². The highest BCUT2D eigenvalue weighted by Crippen LogP contribution is 2.26. The molecule has 0 saturated carbocycles. The molecule has 0 fully saturated rings. The fourth-order valence-electron chi connectivity index (χ4n) is 2.80. The minimum absolute atomic E-state index is 0.202. The Kier molecular flexibility index (Phi) is 5.22. The van der Waals surface area contributed by atoms with Crippen molar-refractivity contribution < 1.29 is 9.21 Å². The van der Waals surface area contributed by atoms with Crippen LogP contribution in [0.3, 0.4) is 0 Å². The van der Waals surface area contributed by atoms with Crippen LogP contribution in [-0.2, 0) is 0 Å². The topological polar surface area (TPSA) is 80.9 Å². The fourth-order valence-corrected chi connectivity index (χ4v) is 3.67. The number of anilines is 1. The molecule has 0 unspecified atom stereocenters. The van der Waals surface area contributed by atoms with Gasteiger partial charge in [-0.2, -0.15) is 0 Å². The lowest BCUT2D eigenvalue weighted by atomic mass is 10.1. The van der Waals surface area contributed by atoms with Crippen LogP contribution >= 0.6 is 11.3 Å². The van der Waals surface area contributed by atoms with Crippen molar-refractivity contribution in [2.24, 2.45) is 0 Å². The SMILES string of the molecule is Cc1ccccc1-c1nnc(-c2ccc(C(=O)Nc3nc(C(C)C)cs3)cc2)o1. The Bertz CT molecular complexity index is 1150. The Hall–Kier alpha value is -3.32. The second-order valence-corrected chi connectivity index (χ2v) is 7.85. The van der Waals surface area contributed by atoms with E-state index in [2.05, 4.69) is 34.3 Å². The molecule has 0 saturated heterocycles. The molecule has 1 N–H and O–H groups in total. The quantitative estimate of drug-likeness (QED) is 0.472. The molecule has 146 valence electrons. The summed E-state index contributed by atoms with van der Waals surface area (Å²) in [6, 6.07) is 14.9. The van der Waals surface area contributed by atoms with Gasteiger partial charge in [0.05, 0.1) is 5.69 Å². The van der Waals surface area contributed by atoms with Crippen molar-refractivity contribution in [2.75, 3.05) is 5.32 Å². The predicted molar refractivity (Wildman–Crippen MR) is 114 cm³/mol. The number of hydrogen-bond donors (Lipinski definition) is 1. The van der Waals surface area contributed by atoms with Crippen LogP contribution in [0.5, 0.6) is 0 Å². The van der Waals surface area contributed by atoms with E-state index in [4.69, 9.17) is 4.42 Å². The molecule has 2 aromatic carbocycles. The number of nitrogens with zero attached hydrogens (tertiary/aromatic N) is 3. The van der Waals surface area contributed by atoms with Crippen LogP contribution in [0, 0.1) is 6.92 Å². The average Bonchev–Trinajstić information content (AvgIpc) is 3.38. The zero-order chi connectivity index (χ0) is 20.4. The third-order valence-electron chi connectivity index (χ3n) is 4.53. The zero-order valence-corrected chi connectivity index (χ0v) is 17.2. The fraction of sp³-hybridized carbons (Fsp3) is 0.182. The van der Waals surface area contributed by atoms with Crippen LogP contribution in [0.25, 0.3) is 22.9 Å². The maximum absolute atomic E-state index is 12.5. The van der Waals surface area contributed by atoms with Crippen molar-refractivity contribution in [3.8, 4) is 22.9 Å². The highest BCUT2D eigenvalue weighted by molar-refractivity contribution is 7.14. The van der Waals surface area contributed by atoms with Crippen LogP contribution in [0.15, 0.2) is 58.3 Å². The summed E-state index contributed by atoms with van der Waals surface area (Å²) in [5, 5.41) is 13.7. The summed E-state index contributed by atoms with van der Waals surface area (Å²) in [6.07, 6.45) is 0. The zero-order valence-electron chi connectivity index (χ0n) is 16.3. The first kappa shape index (κ1) is 19.0. The summed E-state index contributed by atoms with van der Waals surface area (Å²) in [6.45, 7) is 6.14.